The molecule has 0 atom stereocenters. The van der Waals surface area contributed by atoms with E-state index in [-0.39, 0.29) is 0 Å². The Labute approximate surface area is 169 Å². The summed E-state index contributed by atoms with van der Waals surface area (Å²) >= 11 is 0. The van der Waals surface area contributed by atoms with Gasteiger partial charge in [0.1, 0.15) is 23.8 Å². The lowest BCUT2D eigenvalue weighted by Crippen LogP contribution is -2.39. The monoisotopic (exact) mass is 421 g/mol. The van der Waals surface area contributed by atoms with E-state index in [0.29, 0.717) is 28.5 Å². The molecule has 1 amide bonds. The first-order valence-electron chi connectivity index (χ1n) is 8.44. The number of anilines is 1. The number of benzene rings is 2. The molecule has 0 spiro atoms. The SMILES string of the molecule is COc1ccc(N(CC(=O)N/N=C/c2cc(OC)ccc2OC)S(C)(=O)=O)cc1. The average molecular weight is 421 g/mol. The number of hydrazone groups is 1. The summed E-state index contributed by atoms with van der Waals surface area (Å²) < 4.78 is 40.7. The van der Waals surface area contributed by atoms with Gasteiger partial charge in [0.2, 0.25) is 10.0 Å². The first kappa shape index (κ1) is 22.0. The molecule has 0 aliphatic carbocycles. The minimum absolute atomic E-state index is 0.335. The van der Waals surface area contributed by atoms with Crippen LogP contribution in [-0.4, -0.2) is 54.7 Å². The number of ether oxygens (including phenoxy) is 3. The molecule has 0 fully saturated rings. The molecule has 0 bridgehead atoms. The molecule has 0 unspecified atom stereocenters. The molecule has 0 aromatic heterocycles. The molecule has 0 aliphatic heterocycles. The van der Waals surface area contributed by atoms with Crippen molar-refractivity contribution in [3.8, 4) is 17.2 Å². The summed E-state index contributed by atoms with van der Waals surface area (Å²) in [5.41, 5.74) is 3.24. The summed E-state index contributed by atoms with van der Waals surface area (Å²) in [4.78, 5) is 12.3. The van der Waals surface area contributed by atoms with Crippen LogP contribution < -0.4 is 23.9 Å². The number of nitrogens with zero attached hydrogens (tertiary/aromatic N) is 2. The van der Waals surface area contributed by atoms with Crippen LogP contribution >= 0.6 is 0 Å². The number of carbonyl (C=O) groups is 1. The van der Waals surface area contributed by atoms with Gasteiger partial charge in [0.05, 0.1) is 39.5 Å². The third-order valence-corrected chi connectivity index (χ3v) is 5.02. The molecule has 0 saturated carbocycles. The van der Waals surface area contributed by atoms with E-state index in [9.17, 15) is 13.2 Å². The van der Waals surface area contributed by atoms with Gasteiger partial charge in [0.25, 0.3) is 5.91 Å². The van der Waals surface area contributed by atoms with Crippen LogP contribution in [0.15, 0.2) is 47.6 Å². The number of methoxy groups -OCH3 is 3. The number of sulfonamides is 1. The lowest BCUT2D eigenvalue weighted by molar-refractivity contribution is -0.119. The number of carbonyl (C=O) groups excluding carboxylic acids is 1. The van der Waals surface area contributed by atoms with Gasteiger partial charge < -0.3 is 14.2 Å². The Morgan fingerprint density at radius 3 is 2.21 bits per heavy atom. The van der Waals surface area contributed by atoms with Crippen LogP contribution in [0.1, 0.15) is 5.56 Å². The van der Waals surface area contributed by atoms with Gasteiger partial charge in [-0.15, -0.1) is 0 Å². The summed E-state index contributed by atoms with van der Waals surface area (Å²) in [5, 5.41) is 3.88. The van der Waals surface area contributed by atoms with E-state index in [1.807, 2.05) is 0 Å². The highest BCUT2D eigenvalue weighted by Gasteiger charge is 2.20. The van der Waals surface area contributed by atoms with Crippen molar-refractivity contribution in [1.29, 1.82) is 0 Å². The van der Waals surface area contributed by atoms with Crippen LogP contribution in [0.4, 0.5) is 5.69 Å². The smallest absolute Gasteiger partial charge is 0.260 e. The van der Waals surface area contributed by atoms with Gasteiger partial charge in [-0.05, 0) is 42.5 Å². The molecule has 2 rings (SSSR count). The molecule has 1 N–H and O–H groups in total. The fourth-order valence-corrected chi connectivity index (χ4v) is 3.28. The molecule has 10 heteroatoms. The summed E-state index contributed by atoms with van der Waals surface area (Å²) in [6, 6.07) is 11.5. The lowest BCUT2D eigenvalue weighted by atomic mass is 10.2. The van der Waals surface area contributed by atoms with Crippen molar-refractivity contribution >= 4 is 27.8 Å². The largest absolute Gasteiger partial charge is 0.497 e. The molecule has 2 aromatic carbocycles. The highest BCUT2D eigenvalue weighted by Crippen LogP contribution is 2.22. The molecule has 2 aromatic rings. The van der Waals surface area contributed by atoms with Crippen molar-refractivity contribution in [2.45, 2.75) is 0 Å². The zero-order valence-electron chi connectivity index (χ0n) is 16.6. The second kappa shape index (κ2) is 9.78. The van der Waals surface area contributed by atoms with Crippen molar-refractivity contribution in [3.05, 3.63) is 48.0 Å². The first-order chi connectivity index (χ1) is 13.8. The maximum absolute atomic E-state index is 12.3. The summed E-state index contributed by atoms with van der Waals surface area (Å²) in [6.07, 6.45) is 2.41. The van der Waals surface area contributed by atoms with E-state index in [0.717, 1.165) is 10.6 Å². The van der Waals surface area contributed by atoms with Gasteiger partial charge in [0, 0.05) is 5.56 Å². The zero-order chi connectivity index (χ0) is 21.4. The second-order valence-corrected chi connectivity index (χ2v) is 7.78. The fourth-order valence-electron chi connectivity index (χ4n) is 2.43. The topological polar surface area (TPSA) is 107 Å². The highest BCUT2D eigenvalue weighted by molar-refractivity contribution is 7.92. The number of rotatable bonds is 9. The molecule has 0 saturated heterocycles. The number of nitrogens with one attached hydrogen (secondary N) is 1. The molecule has 0 radical (unpaired) electrons. The maximum atomic E-state index is 12.3. The van der Waals surface area contributed by atoms with E-state index >= 15 is 0 Å². The van der Waals surface area contributed by atoms with Crippen molar-refractivity contribution in [2.75, 3.05) is 38.4 Å². The Balaban J connectivity index is 2.12. The van der Waals surface area contributed by atoms with E-state index < -0.39 is 22.5 Å². The van der Waals surface area contributed by atoms with Gasteiger partial charge >= 0.3 is 0 Å². The second-order valence-electron chi connectivity index (χ2n) is 5.87. The molecule has 0 aliphatic rings. The quantitative estimate of drug-likeness (QED) is 0.487. The molecule has 29 heavy (non-hydrogen) atoms. The number of hydrogen-bond donors (Lipinski definition) is 1. The fraction of sp³-hybridized carbons (Fsp3) is 0.263. The van der Waals surface area contributed by atoms with Gasteiger partial charge in [-0.1, -0.05) is 0 Å². The Hall–Kier alpha value is -3.27. The molecule has 0 heterocycles. The van der Waals surface area contributed by atoms with Crippen LogP contribution in [0.3, 0.4) is 0 Å². The van der Waals surface area contributed by atoms with Crippen LogP contribution in [0.5, 0.6) is 17.2 Å². The minimum Gasteiger partial charge on any atom is -0.497 e. The van der Waals surface area contributed by atoms with Gasteiger partial charge in [0.15, 0.2) is 0 Å². The highest BCUT2D eigenvalue weighted by atomic mass is 32.2. The molecular weight excluding hydrogens is 398 g/mol. The predicted octanol–water partition coefficient (Wildman–Crippen LogP) is 1.63. The third kappa shape index (κ3) is 6.11. The Bertz CT molecular complexity index is 974. The molecule has 156 valence electrons. The van der Waals surface area contributed by atoms with Crippen LogP contribution in [-0.2, 0) is 14.8 Å². The van der Waals surface area contributed by atoms with Crippen molar-refractivity contribution in [1.82, 2.24) is 5.43 Å². The van der Waals surface area contributed by atoms with Gasteiger partial charge in [-0.2, -0.15) is 5.10 Å². The van der Waals surface area contributed by atoms with Gasteiger partial charge in [-0.3, -0.25) is 9.10 Å². The maximum Gasteiger partial charge on any atom is 0.260 e. The van der Waals surface area contributed by atoms with Crippen molar-refractivity contribution < 1.29 is 27.4 Å². The molecule has 9 nitrogen and oxygen atoms in total. The standard InChI is InChI=1S/C19H23N3O6S/c1-26-16-7-5-15(6-8-16)22(29(4,24)25)13-19(23)21-20-12-14-11-17(27-2)9-10-18(14)28-3/h5-12H,13H2,1-4H3,(H,21,23)/b20-12+. The van der Waals surface area contributed by atoms with Crippen LogP contribution in [0, 0.1) is 0 Å². The number of amides is 1. The van der Waals surface area contributed by atoms with Crippen LogP contribution in [0.2, 0.25) is 0 Å². The third-order valence-electron chi connectivity index (χ3n) is 3.88. The molecular formula is C19H23N3O6S. The Morgan fingerprint density at radius 1 is 1.03 bits per heavy atom. The van der Waals surface area contributed by atoms with E-state index in [1.54, 1.807) is 42.5 Å². The normalized spacial score (nSPS) is 11.2. The van der Waals surface area contributed by atoms with Gasteiger partial charge in [-0.25, -0.2) is 13.8 Å². The summed E-state index contributed by atoms with van der Waals surface area (Å²) in [5.74, 6) is 1.11. The van der Waals surface area contributed by atoms with Crippen LogP contribution in [0.25, 0.3) is 0 Å². The van der Waals surface area contributed by atoms with Crippen molar-refractivity contribution in [2.24, 2.45) is 5.10 Å². The van der Waals surface area contributed by atoms with E-state index in [1.165, 1.54) is 27.5 Å². The average Bonchev–Trinajstić information content (AvgIpc) is 2.71. The minimum atomic E-state index is -3.69. The first-order valence-corrected chi connectivity index (χ1v) is 10.3. The summed E-state index contributed by atoms with van der Waals surface area (Å²) in [6.45, 7) is -0.433. The Morgan fingerprint density at radius 2 is 1.66 bits per heavy atom. The summed E-state index contributed by atoms with van der Waals surface area (Å²) in [7, 11) is 0.862. The van der Waals surface area contributed by atoms with E-state index in [4.69, 9.17) is 14.2 Å². The number of hydrogen-bond acceptors (Lipinski definition) is 7. The zero-order valence-corrected chi connectivity index (χ0v) is 17.4. The lowest BCUT2D eigenvalue weighted by Gasteiger charge is -2.21. The Kier molecular flexibility index (Phi) is 7.43. The predicted molar refractivity (Wildman–Crippen MR) is 110 cm³/mol. The van der Waals surface area contributed by atoms with E-state index in [2.05, 4.69) is 10.5 Å². The van der Waals surface area contributed by atoms with Crippen molar-refractivity contribution in [3.63, 3.8) is 0 Å².